The number of halogens is 3. The predicted octanol–water partition coefficient (Wildman–Crippen LogP) is 5.47. The van der Waals surface area contributed by atoms with E-state index >= 15 is 0 Å². The van der Waals surface area contributed by atoms with Crippen LogP contribution in [0.25, 0.3) is 11.3 Å². The summed E-state index contributed by atoms with van der Waals surface area (Å²) in [6.07, 6.45) is 3.79. The van der Waals surface area contributed by atoms with E-state index in [0.29, 0.717) is 46.1 Å². The van der Waals surface area contributed by atoms with Crippen LogP contribution in [0.15, 0.2) is 40.9 Å². The van der Waals surface area contributed by atoms with Crippen LogP contribution in [-0.4, -0.2) is 55.0 Å². The molecule has 1 amide bonds. The predicted molar refractivity (Wildman–Crippen MR) is 152 cm³/mol. The van der Waals surface area contributed by atoms with Crippen LogP contribution in [-0.2, 0) is 21.5 Å². The van der Waals surface area contributed by atoms with E-state index in [-0.39, 0.29) is 30.2 Å². The largest absolute Gasteiger partial charge is 0.373 e. The van der Waals surface area contributed by atoms with Crippen LogP contribution in [0.5, 0.6) is 0 Å². The first kappa shape index (κ1) is 28.4. The fourth-order valence-electron chi connectivity index (χ4n) is 5.92. The summed E-state index contributed by atoms with van der Waals surface area (Å²) in [7, 11) is -4.22. The lowest BCUT2D eigenvalue weighted by Crippen LogP contribution is -2.38. The average Bonchev–Trinajstić information content (AvgIpc) is 3.36. The van der Waals surface area contributed by atoms with Crippen LogP contribution < -0.4 is 10.2 Å². The topological polar surface area (TPSA) is 122 Å². The van der Waals surface area contributed by atoms with Crippen molar-refractivity contribution in [3.63, 3.8) is 0 Å². The second kappa shape index (κ2) is 11.2. The molecule has 2 aliphatic carbocycles. The molecule has 3 fully saturated rings. The molecule has 41 heavy (non-hydrogen) atoms. The van der Waals surface area contributed by atoms with E-state index in [1.165, 1.54) is 12.1 Å². The number of ether oxygens (including phenoxy) is 1. The number of hydrogen-bond donors (Lipinski definition) is 2. The molecule has 1 aliphatic heterocycles. The van der Waals surface area contributed by atoms with Crippen molar-refractivity contribution < 1.29 is 31.4 Å². The van der Waals surface area contributed by atoms with Crippen LogP contribution in [0.3, 0.4) is 0 Å². The number of anilines is 1. The zero-order chi connectivity index (χ0) is 28.9. The second-order valence-electron chi connectivity index (χ2n) is 10.8. The van der Waals surface area contributed by atoms with Gasteiger partial charge in [0, 0.05) is 47.8 Å². The molecule has 218 valence electrons. The van der Waals surface area contributed by atoms with Gasteiger partial charge in [-0.05, 0) is 56.0 Å². The molecule has 1 aromatic heterocycles. The fourth-order valence-corrected chi connectivity index (χ4v) is 6.86. The zero-order valence-corrected chi connectivity index (χ0v) is 24.2. The summed E-state index contributed by atoms with van der Waals surface area (Å²) in [6.45, 7) is 0.702. The van der Waals surface area contributed by atoms with Gasteiger partial charge in [-0.2, -0.15) is 8.42 Å². The maximum Gasteiger partial charge on any atom is 0.266 e. The van der Waals surface area contributed by atoms with Crippen molar-refractivity contribution in [2.45, 2.75) is 50.4 Å². The maximum atomic E-state index is 14.8. The molecule has 2 aromatic carbocycles. The molecule has 3 aromatic rings. The maximum absolute atomic E-state index is 14.8. The Morgan fingerprint density at radius 3 is 2.59 bits per heavy atom. The lowest BCUT2D eigenvalue weighted by molar-refractivity contribution is 0.0122. The van der Waals surface area contributed by atoms with Crippen LogP contribution in [0.2, 0.25) is 10.0 Å². The number of piperidine rings is 1. The molecule has 9 nitrogen and oxygen atoms in total. The first-order valence-corrected chi connectivity index (χ1v) is 15.8. The number of carbonyl (C=O) groups excluding carboxylic acids is 1. The first-order chi connectivity index (χ1) is 19.6. The monoisotopic (exact) mass is 623 g/mol. The van der Waals surface area contributed by atoms with Crippen molar-refractivity contribution in [3.8, 4) is 11.3 Å². The van der Waals surface area contributed by atoms with Crippen molar-refractivity contribution in [2.75, 3.05) is 23.7 Å². The molecule has 2 heterocycles. The first-order valence-electron chi connectivity index (χ1n) is 13.4. The van der Waals surface area contributed by atoms with Crippen molar-refractivity contribution >= 4 is 44.9 Å². The van der Waals surface area contributed by atoms with Crippen LogP contribution in [0.1, 0.15) is 53.3 Å². The second-order valence-corrected chi connectivity index (χ2v) is 13.2. The van der Waals surface area contributed by atoms with Crippen molar-refractivity contribution in [3.05, 3.63) is 69.1 Å². The zero-order valence-electron chi connectivity index (χ0n) is 21.9. The third-order valence-electron chi connectivity index (χ3n) is 8.06. The molecule has 1 saturated heterocycles. The Hall–Kier alpha value is -2.70. The minimum Gasteiger partial charge on any atom is -0.373 e. The van der Waals surface area contributed by atoms with Crippen LogP contribution >= 0.6 is 23.2 Å². The van der Waals surface area contributed by atoms with Gasteiger partial charge in [0.05, 0.1) is 34.1 Å². The summed E-state index contributed by atoms with van der Waals surface area (Å²) >= 11 is 13.0. The van der Waals surface area contributed by atoms with Gasteiger partial charge in [-0.15, -0.1) is 0 Å². The van der Waals surface area contributed by atoms with Gasteiger partial charge in [0.2, 0.25) is 0 Å². The SMILES string of the molecule is O=C(NCCS(=O)(=O)O)c1ccc(N2C[C@@H]3C[C@H]2C[C@H]3OCc2c(-c3c(Cl)cccc3Cl)noc2C2CC2)cc1F. The number of rotatable bonds is 10. The number of aromatic nitrogens is 1. The molecule has 3 atom stereocenters. The molecule has 0 spiro atoms. The number of benzene rings is 2. The quantitative estimate of drug-likeness (QED) is 0.285. The number of fused-ring (bicyclic) bond motifs is 2. The van der Waals surface area contributed by atoms with E-state index in [1.54, 1.807) is 24.3 Å². The number of carbonyl (C=O) groups is 1. The third kappa shape index (κ3) is 5.96. The molecular weight excluding hydrogens is 596 g/mol. The number of nitrogens with zero attached hydrogens (tertiary/aromatic N) is 2. The highest BCUT2D eigenvalue weighted by molar-refractivity contribution is 7.85. The van der Waals surface area contributed by atoms with Crippen LogP contribution in [0, 0.1) is 11.7 Å². The van der Waals surface area contributed by atoms with Gasteiger partial charge >= 0.3 is 0 Å². The molecule has 0 unspecified atom stereocenters. The van der Waals surface area contributed by atoms with Gasteiger partial charge in [-0.1, -0.05) is 34.4 Å². The van der Waals surface area contributed by atoms with E-state index in [4.69, 9.17) is 37.0 Å². The third-order valence-corrected chi connectivity index (χ3v) is 9.41. The number of nitrogens with one attached hydrogen (secondary N) is 1. The lowest BCUT2D eigenvalue weighted by Gasteiger charge is -2.33. The number of amides is 1. The van der Waals surface area contributed by atoms with E-state index in [1.807, 2.05) is 0 Å². The van der Waals surface area contributed by atoms with Gasteiger partial charge in [-0.25, -0.2) is 4.39 Å². The van der Waals surface area contributed by atoms with Gasteiger partial charge in [0.1, 0.15) is 17.3 Å². The summed E-state index contributed by atoms with van der Waals surface area (Å²) < 4.78 is 57.5. The van der Waals surface area contributed by atoms with Gasteiger partial charge < -0.3 is 19.5 Å². The average molecular weight is 625 g/mol. The van der Waals surface area contributed by atoms with Gasteiger partial charge in [0.15, 0.2) is 0 Å². The Labute approximate surface area is 246 Å². The molecule has 2 N–H and O–H groups in total. The van der Waals surface area contributed by atoms with E-state index in [2.05, 4.69) is 15.4 Å². The van der Waals surface area contributed by atoms with Crippen molar-refractivity contribution in [1.29, 1.82) is 0 Å². The van der Waals surface area contributed by atoms with Gasteiger partial charge in [-0.3, -0.25) is 9.35 Å². The van der Waals surface area contributed by atoms with Crippen LogP contribution in [0.4, 0.5) is 10.1 Å². The minimum absolute atomic E-state index is 0.0190. The summed E-state index contributed by atoms with van der Waals surface area (Å²) in [4.78, 5) is 14.4. The molecular formula is C28H28Cl2FN3O6S. The molecule has 2 bridgehead atoms. The normalized spacial score (nSPS) is 22.0. The lowest BCUT2D eigenvalue weighted by atomic mass is 10.0. The van der Waals surface area contributed by atoms with E-state index < -0.39 is 27.6 Å². The van der Waals surface area contributed by atoms with Gasteiger partial charge in [0.25, 0.3) is 16.0 Å². The highest BCUT2D eigenvalue weighted by atomic mass is 35.5. The summed E-state index contributed by atoms with van der Waals surface area (Å²) in [6, 6.07) is 9.91. The summed E-state index contributed by atoms with van der Waals surface area (Å²) in [5.74, 6) is -0.679. The Kier molecular flexibility index (Phi) is 7.75. The molecule has 3 aliphatic rings. The van der Waals surface area contributed by atoms with Crippen molar-refractivity contribution in [2.24, 2.45) is 5.92 Å². The van der Waals surface area contributed by atoms with E-state index in [0.717, 1.165) is 37.0 Å². The summed E-state index contributed by atoms with van der Waals surface area (Å²) in [5, 5.41) is 7.64. The standard InChI is InChI=1S/C28H28Cl2FN3O6S/c29-21-2-1-3-22(30)25(21)26-20(27(40-33-26)15-4-5-15)14-39-24-12-18-10-16(24)13-34(18)17-6-7-19(23(31)11-17)28(35)32-8-9-41(36,37)38/h1-3,6-7,11,15-16,18,24H,4-5,8-10,12-14H2,(H,32,35)(H,36,37,38)/t16-,18-,24+/m0/s1. The minimum atomic E-state index is -4.22. The van der Waals surface area contributed by atoms with Crippen molar-refractivity contribution in [1.82, 2.24) is 10.5 Å². The molecule has 0 radical (unpaired) electrons. The Morgan fingerprint density at radius 2 is 1.95 bits per heavy atom. The molecule has 13 heteroatoms. The highest BCUT2D eigenvalue weighted by Crippen LogP contribution is 2.47. The smallest absolute Gasteiger partial charge is 0.266 e. The summed E-state index contributed by atoms with van der Waals surface area (Å²) in [5.41, 5.74) is 2.62. The van der Waals surface area contributed by atoms with E-state index in [9.17, 15) is 17.6 Å². The molecule has 6 rings (SSSR count). The highest BCUT2D eigenvalue weighted by Gasteiger charge is 2.46. The fraction of sp³-hybridized carbons (Fsp3) is 0.429. The Bertz CT molecular complexity index is 1580. The Morgan fingerprint density at radius 1 is 1.20 bits per heavy atom. The number of hydrogen-bond acceptors (Lipinski definition) is 7. The Balaban J connectivity index is 1.10. The molecule has 2 saturated carbocycles.